The number of benzene rings is 1. The molecule has 25 heavy (non-hydrogen) atoms. The Labute approximate surface area is 149 Å². The van der Waals surface area contributed by atoms with Crippen molar-refractivity contribution in [3.05, 3.63) is 74.6 Å². The summed E-state index contributed by atoms with van der Waals surface area (Å²) >= 11 is 5.73. The molecule has 0 unspecified atom stereocenters. The van der Waals surface area contributed by atoms with E-state index in [2.05, 4.69) is 10.3 Å². The lowest BCUT2D eigenvalue weighted by atomic mass is 10.1. The van der Waals surface area contributed by atoms with Crippen molar-refractivity contribution < 1.29 is 14.5 Å². The maximum atomic E-state index is 11.6. The Morgan fingerprint density at radius 1 is 1.40 bits per heavy atom. The lowest BCUT2D eigenvalue weighted by Gasteiger charge is -2.05. The summed E-state index contributed by atoms with van der Waals surface area (Å²) in [5, 5.41) is 13.4. The number of nitro groups is 1. The highest BCUT2D eigenvalue weighted by Crippen LogP contribution is 2.28. The molecule has 1 aromatic carbocycles. The summed E-state index contributed by atoms with van der Waals surface area (Å²) in [7, 11) is 0. The Morgan fingerprint density at radius 2 is 2.12 bits per heavy atom. The van der Waals surface area contributed by atoms with E-state index in [9.17, 15) is 14.9 Å². The second kappa shape index (κ2) is 8.79. The molecule has 0 bridgehead atoms. The zero-order chi connectivity index (χ0) is 18.2. The van der Waals surface area contributed by atoms with E-state index >= 15 is 0 Å². The van der Waals surface area contributed by atoms with Crippen LogP contribution in [0.3, 0.4) is 0 Å². The number of carbonyl (C=O) groups excluding carboxylic acids is 1. The van der Waals surface area contributed by atoms with Crippen molar-refractivity contribution in [3.63, 3.8) is 0 Å². The van der Waals surface area contributed by atoms with E-state index in [4.69, 9.17) is 16.3 Å². The van der Waals surface area contributed by atoms with Gasteiger partial charge in [0.2, 0.25) is 5.15 Å². The number of ether oxygens (including phenoxy) is 1. The zero-order valence-corrected chi connectivity index (χ0v) is 14.2. The molecule has 0 aliphatic carbocycles. The number of alkyl carbamates (subject to hydrolysis) is 1. The first-order chi connectivity index (χ1) is 12.0. The molecule has 0 spiro atoms. The highest BCUT2D eigenvalue weighted by molar-refractivity contribution is 6.31. The Kier molecular flexibility index (Phi) is 6.47. The fraction of sp³-hybridized carbons (Fsp3) is 0.176. The quantitative estimate of drug-likeness (QED) is 0.478. The van der Waals surface area contributed by atoms with Gasteiger partial charge in [-0.1, -0.05) is 54.1 Å². The Bertz CT molecular complexity index is 794. The van der Waals surface area contributed by atoms with Gasteiger partial charge in [-0.05, 0) is 12.5 Å². The monoisotopic (exact) mass is 361 g/mol. The van der Waals surface area contributed by atoms with Crippen molar-refractivity contribution in [2.45, 2.75) is 13.5 Å². The summed E-state index contributed by atoms with van der Waals surface area (Å²) in [6, 6.07) is 9.32. The van der Waals surface area contributed by atoms with Crippen LogP contribution in [0.5, 0.6) is 0 Å². The van der Waals surface area contributed by atoms with Crippen molar-refractivity contribution in [2.24, 2.45) is 0 Å². The number of nitrogens with zero attached hydrogens (tertiary/aromatic N) is 2. The number of pyridine rings is 1. The fourth-order valence-corrected chi connectivity index (χ4v) is 2.32. The molecule has 2 rings (SSSR count). The number of hydrogen-bond acceptors (Lipinski definition) is 5. The number of hydrogen-bond donors (Lipinski definition) is 1. The first kappa shape index (κ1) is 18.4. The number of nitrogens with one attached hydrogen (secondary N) is 1. The summed E-state index contributed by atoms with van der Waals surface area (Å²) in [5.74, 6) is 0. The van der Waals surface area contributed by atoms with E-state index in [1.807, 2.05) is 30.3 Å². The number of amides is 1. The topological polar surface area (TPSA) is 94.4 Å². The summed E-state index contributed by atoms with van der Waals surface area (Å²) in [6.07, 6.45) is 4.16. The van der Waals surface area contributed by atoms with Gasteiger partial charge in [-0.3, -0.25) is 10.1 Å². The fourth-order valence-electron chi connectivity index (χ4n) is 2.06. The second-order valence-corrected chi connectivity index (χ2v) is 5.44. The maximum absolute atomic E-state index is 11.6. The molecule has 0 aliphatic rings. The van der Waals surface area contributed by atoms with E-state index < -0.39 is 11.0 Å². The van der Waals surface area contributed by atoms with Gasteiger partial charge in [-0.2, -0.15) is 0 Å². The molecule has 7 nitrogen and oxygen atoms in total. The van der Waals surface area contributed by atoms with Gasteiger partial charge in [0.05, 0.1) is 4.92 Å². The van der Waals surface area contributed by atoms with Gasteiger partial charge in [0.1, 0.15) is 6.61 Å². The lowest BCUT2D eigenvalue weighted by molar-refractivity contribution is -0.385. The van der Waals surface area contributed by atoms with Crippen molar-refractivity contribution in [3.8, 4) is 0 Å². The van der Waals surface area contributed by atoms with Crippen LogP contribution in [0.2, 0.25) is 5.15 Å². The van der Waals surface area contributed by atoms with Crippen LogP contribution in [0, 0.1) is 17.0 Å². The van der Waals surface area contributed by atoms with E-state index in [1.54, 1.807) is 19.1 Å². The highest BCUT2D eigenvalue weighted by Gasteiger charge is 2.19. The molecule has 0 atom stereocenters. The van der Waals surface area contributed by atoms with Gasteiger partial charge in [0.15, 0.2) is 0 Å². The molecular weight excluding hydrogens is 346 g/mol. The van der Waals surface area contributed by atoms with Gasteiger partial charge in [-0.25, -0.2) is 9.78 Å². The van der Waals surface area contributed by atoms with Crippen molar-refractivity contribution in [1.29, 1.82) is 0 Å². The standard InChI is InChI=1S/C17H16ClN3O4/c1-12-14(10-20-16(18)15(12)21(23)24)8-5-9-19-17(22)25-11-13-6-3-2-4-7-13/h2-8,10H,9,11H2,1H3,(H,19,22). The molecule has 0 saturated heterocycles. The van der Waals surface area contributed by atoms with Crippen LogP contribution in [0.15, 0.2) is 42.6 Å². The molecule has 0 aliphatic heterocycles. The third-order valence-electron chi connectivity index (χ3n) is 3.36. The Hall–Kier alpha value is -2.93. The maximum Gasteiger partial charge on any atom is 0.407 e. The van der Waals surface area contributed by atoms with E-state index in [0.717, 1.165) is 5.56 Å². The first-order valence-electron chi connectivity index (χ1n) is 7.39. The van der Waals surface area contributed by atoms with Gasteiger partial charge < -0.3 is 10.1 Å². The van der Waals surface area contributed by atoms with Crippen LogP contribution in [-0.4, -0.2) is 22.5 Å². The second-order valence-electron chi connectivity index (χ2n) is 5.08. The van der Waals surface area contributed by atoms with Crippen LogP contribution < -0.4 is 5.32 Å². The molecule has 0 saturated carbocycles. The summed E-state index contributed by atoms with van der Waals surface area (Å²) in [4.78, 5) is 25.8. The summed E-state index contributed by atoms with van der Waals surface area (Å²) in [5.41, 5.74) is 1.63. The zero-order valence-electron chi connectivity index (χ0n) is 13.4. The molecule has 130 valence electrons. The first-order valence-corrected chi connectivity index (χ1v) is 7.77. The van der Waals surface area contributed by atoms with Gasteiger partial charge in [-0.15, -0.1) is 0 Å². The van der Waals surface area contributed by atoms with Crippen molar-refractivity contribution in [2.75, 3.05) is 6.54 Å². The SMILES string of the molecule is Cc1c(C=CCNC(=O)OCc2ccccc2)cnc(Cl)c1[N+](=O)[O-]. The van der Waals surface area contributed by atoms with Gasteiger partial charge in [0, 0.05) is 23.9 Å². The van der Waals surface area contributed by atoms with Crippen LogP contribution in [0.1, 0.15) is 16.7 Å². The number of carbonyl (C=O) groups is 1. The van der Waals surface area contributed by atoms with Crippen molar-refractivity contribution in [1.82, 2.24) is 10.3 Å². The average Bonchev–Trinajstić information content (AvgIpc) is 2.59. The molecule has 0 radical (unpaired) electrons. The predicted octanol–water partition coefficient (Wildman–Crippen LogP) is 3.89. The molecule has 2 aromatic rings. The minimum atomic E-state index is -0.568. The number of rotatable bonds is 6. The third kappa shape index (κ3) is 5.29. The Balaban J connectivity index is 1.86. The number of aromatic nitrogens is 1. The molecule has 8 heteroatoms. The smallest absolute Gasteiger partial charge is 0.407 e. The normalized spacial score (nSPS) is 10.6. The van der Waals surface area contributed by atoms with Gasteiger partial charge >= 0.3 is 11.8 Å². The minimum absolute atomic E-state index is 0.151. The van der Waals surface area contributed by atoms with Crippen LogP contribution in [0.25, 0.3) is 6.08 Å². The molecular formula is C17H16ClN3O4. The average molecular weight is 362 g/mol. The van der Waals surface area contributed by atoms with Crippen LogP contribution in [0.4, 0.5) is 10.5 Å². The number of halogens is 1. The predicted molar refractivity (Wildman–Crippen MR) is 94.3 cm³/mol. The molecule has 0 fully saturated rings. The molecule has 1 N–H and O–H groups in total. The third-order valence-corrected chi connectivity index (χ3v) is 3.63. The van der Waals surface area contributed by atoms with Crippen molar-refractivity contribution >= 4 is 29.5 Å². The van der Waals surface area contributed by atoms with Crippen LogP contribution in [-0.2, 0) is 11.3 Å². The Morgan fingerprint density at radius 3 is 2.80 bits per heavy atom. The molecule has 1 heterocycles. The van der Waals surface area contributed by atoms with E-state index in [1.165, 1.54) is 6.20 Å². The lowest BCUT2D eigenvalue weighted by Crippen LogP contribution is -2.24. The summed E-state index contributed by atoms with van der Waals surface area (Å²) in [6.45, 7) is 1.99. The minimum Gasteiger partial charge on any atom is -0.445 e. The molecule has 1 amide bonds. The van der Waals surface area contributed by atoms with E-state index in [0.29, 0.717) is 11.1 Å². The van der Waals surface area contributed by atoms with E-state index in [-0.39, 0.29) is 24.0 Å². The van der Waals surface area contributed by atoms with Crippen LogP contribution >= 0.6 is 11.6 Å². The summed E-state index contributed by atoms with van der Waals surface area (Å²) < 4.78 is 5.07. The molecule has 1 aromatic heterocycles. The largest absolute Gasteiger partial charge is 0.445 e. The highest BCUT2D eigenvalue weighted by atomic mass is 35.5. The van der Waals surface area contributed by atoms with Gasteiger partial charge in [0.25, 0.3) is 0 Å².